The molecule has 1 aliphatic rings. The van der Waals surface area contributed by atoms with Gasteiger partial charge in [0.15, 0.2) is 0 Å². The molecular formula is C18H21ClN4O3S. The van der Waals surface area contributed by atoms with Gasteiger partial charge in [-0.15, -0.1) is 10.2 Å². The van der Waals surface area contributed by atoms with Crippen LogP contribution in [0.1, 0.15) is 39.0 Å². The summed E-state index contributed by atoms with van der Waals surface area (Å²) in [5.74, 6) is -0.0589. The summed E-state index contributed by atoms with van der Waals surface area (Å²) in [6.45, 7) is 1.68. The predicted octanol–water partition coefficient (Wildman–Crippen LogP) is 4.03. The zero-order chi connectivity index (χ0) is 19.2. The SMILES string of the molecule is CC(Sc1nnc(-c2ccc(Cl)cc2)o1)C(=O)NC(=O)NC1CCCCC1. The molecule has 2 N–H and O–H groups in total. The molecule has 1 aliphatic carbocycles. The third-order valence-electron chi connectivity index (χ3n) is 4.32. The highest BCUT2D eigenvalue weighted by Gasteiger charge is 2.22. The molecule has 0 bridgehead atoms. The van der Waals surface area contributed by atoms with Crippen LogP contribution in [0.2, 0.25) is 5.02 Å². The lowest BCUT2D eigenvalue weighted by Crippen LogP contribution is -2.47. The van der Waals surface area contributed by atoms with Gasteiger partial charge in [-0.05, 0) is 44.0 Å². The number of halogens is 1. The fourth-order valence-electron chi connectivity index (χ4n) is 2.85. The summed E-state index contributed by atoms with van der Waals surface area (Å²) in [7, 11) is 0. The van der Waals surface area contributed by atoms with E-state index in [1.165, 1.54) is 6.42 Å². The fourth-order valence-corrected chi connectivity index (χ4v) is 3.66. The Balaban J connectivity index is 1.50. The minimum Gasteiger partial charge on any atom is -0.411 e. The van der Waals surface area contributed by atoms with E-state index in [1.54, 1.807) is 31.2 Å². The average Bonchev–Trinajstić information content (AvgIpc) is 3.11. The number of hydrogen-bond donors (Lipinski definition) is 2. The Hall–Kier alpha value is -2.06. The molecule has 0 spiro atoms. The monoisotopic (exact) mass is 408 g/mol. The van der Waals surface area contributed by atoms with Gasteiger partial charge in [-0.1, -0.05) is 42.6 Å². The number of imide groups is 1. The largest absolute Gasteiger partial charge is 0.411 e. The molecule has 1 fully saturated rings. The molecule has 0 aliphatic heterocycles. The zero-order valence-electron chi connectivity index (χ0n) is 14.9. The molecule has 3 amide bonds. The Bertz CT molecular complexity index is 790. The first kappa shape index (κ1) is 19.7. The molecule has 27 heavy (non-hydrogen) atoms. The number of carbonyl (C=O) groups is 2. The average molecular weight is 409 g/mol. The van der Waals surface area contributed by atoms with Crippen molar-refractivity contribution in [2.75, 3.05) is 0 Å². The van der Waals surface area contributed by atoms with Gasteiger partial charge >= 0.3 is 6.03 Å². The molecule has 1 aromatic heterocycles. The van der Waals surface area contributed by atoms with E-state index in [9.17, 15) is 9.59 Å². The number of amides is 3. The van der Waals surface area contributed by atoms with Crippen LogP contribution in [0.5, 0.6) is 0 Å². The summed E-state index contributed by atoms with van der Waals surface area (Å²) >= 11 is 6.96. The minimum atomic E-state index is -0.555. The van der Waals surface area contributed by atoms with Crippen molar-refractivity contribution in [3.8, 4) is 11.5 Å². The summed E-state index contributed by atoms with van der Waals surface area (Å²) in [5.41, 5.74) is 0.739. The van der Waals surface area contributed by atoms with Gasteiger partial charge in [0.05, 0.1) is 5.25 Å². The third-order valence-corrected chi connectivity index (χ3v) is 5.51. The summed E-state index contributed by atoms with van der Waals surface area (Å²) in [5, 5.41) is 13.5. The van der Waals surface area contributed by atoms with Crippen LogP contribution >= 0.6 is 23.4 Å². The molecule has 0 radical (unpaired) electrons. The Morgan fingerprint density at radius 3 is 2.59 bits per heavy atom. The highest BCUT2D eigenvalue weighted by atomic mass is 35.5. The van der Waals surface area contributed by atoms with Gasteiger partial charge in [-0.3, -0.25) is 10.1 Å². The topological polar surface area (TPSA) is 97.1 Å². The second-order valence-electron chi connectivity index (χ2n) is 6.44. The summed E-state index contributed by atoms with van der Waals surface area (Å²) in [6.07, 6.45) is 5.34. The van der Waals surface area contributed by atoms with Gasteiger partial charge in [-0.2, -0.15) is 0 Å². The normalized spacial score (nSPS) is 15.9. The maximum Gasteiger partial charge on any atom is 0.321 e. The Morgan fingerprint density at radius 1 is 1.19 bits per heavy atom. The number of urea groups is 1. The predicted molar refractivity (Wildman–Crippen MR) is 104 cm³/mol. The van der Waals surface area contributed by atoms with Crippen LogP contribution in [-0.4, -0.2) is 33.4 Å². The molecule has 1 aromatic carbocycles. The standard InChI is InChI=1S/C18H21ClN4O3S/c1-11(15(24)21-17(25)20-14-5-3-2-4-6-14)27-18-23-22-16(26-18)12-7-9-13(19)10-8-12/h7-11,14H,2-6H2,1H3,(H2,20,21,24,25). The molecule has 7 nitrogen and oxygen atoms in total. The van der Waals surface area contributed by atoms with E-state index in [0.717, 1.165) is 43.0 Å². The first-order chi connectivity index (χ1) is 13.0. The van der Waals surface area contributed by atoms with Crippen molar-refractivity contribution in [3.63, 3.8) is 0 Å². The molecule has 1 unspecified atom stereocenters. The second kappa shape index (κ2) is 9.23. The summed E-state index contributed by atoms with van der Waals surface area (Å²) in [6, 6.07) is 6.70. The number of nitrogens with one attached hydrogen (secondary N) is 2. The van der Waals surface area contributed by atoms with E-state index in [0.29, 0.717) is 10.9 Å². The van der Waals surface area contributed by atoms with Crippen LogP contribution < -0.4 is 10.6 Å². The van der Waals surface area contributed by atoms with E-state index in [2.05, 4.69) is 20.8 Å². The highest BCUT2D eigenvalue weighted by Crippen LogP contribution is 2.27. The number of carbonyl (C=O) groups excluding carboxylic acids is 2. The second-order valence-corrected chi connectivity index (χ2v) is 8.17. The van der Waals surface area contributed by atoms with E-state index < -0.39 is 17.2 Å². The van der Waals surface area contributed by atoms with Gasteiger partial charge in [-0.25, -0.2) is 4.79 Å². The molecule has 9 heteroatoms. The first-order valence-electron chi connectivity index (χ1n) is 8.89. The van der Waals surface area contributed by atoms with Crippen LogP contribution in [0.25, 0.3) is 11.5 Å². The number of rotatable bonds is 5. The zero-order valence-corrected chi connectivity index (χ0v) is 16.5. The van der Waals surface area contributed by atoms with E-state index in [4.69, 9.17) is 16.0 Å². The molecule has 0 saturated heterocycles. The van der Waals surface area contributed by atoms with Crippen LogP contribution in [0.3, 0.4) is 0 Å². The fraction of sp³-hybridized carbons (Fsp3) is 0.444. The lowest BCUT2D eigenvalue weighted by molar-refractivity contribution is -0.119. The maximum absolute atomic E-state index is 12.2. The van der Waals surface area contributed by atoms with Crippen molar-refractivity contribution in [3.05, 3.63) is 29.3 Å². The van der Waals surface area contributed by atoms with E-state index in [1.807, 2.05) is 0 Å². The maximum atomic E-state index is 12.2. The Labute approximate surface area is 166 Å². The molecule has 144 valence electrons. The van der Waals surface area contributed by atoms with E-state index in [-0.39, 0.29) is 11.3 Å². The van der Waals surface area contributed by atoms with Crippen molar-refractivity contribution in [2.45, 2.75) is 55.5 Å². The van der Waals surface area contributed by atoms with Crippen molar-refractivity contribution < 1.29 is 14.0 Å². The summed E-state index contributed by atoms with van der Waals surface area (Å²) in [4.78, 5) is 24.2. The van der Waals surface area contributed by atoms with Gasteiger partial charge in [0.2, 0.25) is 11.8 Å². The lowest BCUT2D eigenvalue weighted by Gasteiger charge is -2.22. The minimum absolute atomic E-state index is 0.146. The molecule has 2 aromatic rings. The van der Waals surface area contributed by atoms with Gasteiger partial charge in [0.25, 0.3) is 5.22 Å². The van der Waals surface area contributed by atoms with Crippen molar-refractivity contribution in [2.24, 2.45) is 0 Å². The van der Waals surface area contributed by atoms with Crippen LogP contribution in [-0.2, 0) is 4.79 Å². The molecule has 1 atom stereocenters. The van der Waals surface area contributed by atoms with Gasteiger partial charge < -0.3 is 9.73 Å². The third kappa shape index (κ3) is 5.71. The Morgan fingerprint density at radius 2 is 1.89 bits per heavy atom. The molecule has 1 heterocycles. The van der Waals surface area contributed by atoms with Crippen LogP contribution in [0.15, 0.2) is 33.9 Å². The molecular weight excluding hydrogens is 388 g/mol. The number of hydrogen-bond acceptors (Lipinski definition) is 6. The van der Waals surface area contributed by atoms with Crippen LogP contribution in [0.4, 0.5) is 4.79 Å². The lowest BCUT2D eigenvalue weighted by atomic mass is 9.96. The highest BCUT2D eigenvalue weighted by molar-refractivity contribution is 8.00. The van der Waals surface area contributed by atoms with Crippen molar-refractivity contribution in [1.82, 2.24) is 20.8 Å². The summed E-state index contributed by atoms with van der Waals surface area (Å²) < 4.78 is 5.57. The first-order valence-corrected chi connectivity index (χ1v) is 10.1. The van der Waals surface area contributed by atoms with Gasteiger partial charge in [0, 0.05) is 16.6 Å². The number of benzene rings is 1. The Kier molecular flexibility index (Phi) is 6.73. The van der Waals surface area contributed by atoms with E-state index >= 15 is 0 Å². The van der Waals surface area contributed by atoms with Gasteiger partial charge in [0.1, 0.15) is 0 Å². The smallest absolute Gasteiger partial charge is 0.321 e. The molecule has 1 saturated carbocycles. The molecule has 3 rings (SSSR count). The quantitative estimate of drug-likeness (QED) is 0.725. The number of thioether (sulfide) groups is 1. The number of aromatic nitrogens is 2. The number of nitrogens with zero attached hydrogens (tertiary/aromatic N) is 2. The van der Waals surface area contributed by atoms with Crippen molar-refractivity contribution in [1.29, 1.82) is 0 Å². The van der Waals surface area contributed by atoms with Crippen LogP contribution in [0, 0.1) is 0 Å². The van der Waals surface area contributed by atoms with Crippen molar-refractivity contribution >= 4 is 35.3 Å².